The van der Waals surface area contributed by atoms with Gasteiger partial charge < -0.3 is 16.2 Å². The van der Waals surface area contributed by atoms with Gasteiger partial charge in [0.25, 0.3) is 0 Å². The van der Waals surface area contributed by atoms with Crippen LogP contribution < -0.4 is 11.1 Å². The van der Waals surface area contributed by atoms with Crippen LogP contribution in [0.1, 0.15) is 59.8 Å². The summed E-state index contributed by atoms with van der Waals surface area (Å²) in [5.41, 5.74) is 6.51. The van der Waals surface area contributed by atoms with Gasteiger partial charge in [-0.15, -0.1) is 0 Å². The van der Waals surface area contributed by atoms with Crippen molar-refractivity contribution >= 4 is 0 Å². The molecule has 3 heteroatoms. The number of aliphatic hydroxyl groups is 1. The van der Waals surface area contributed by atoms with Crippen molar-refractivity contribution in [2.45, 2.75) is 71.9 Å². The molecular weight excluding hydrogens is 248 g/mol. The topological polar surface area (TPSA) is 58.3 Å². The number of nitrogens with two attached hydrogens (primary N) is 1. The summed E-state index contributed by atoms with van der Waals surface area (Å²) in [6, 6.07) is 0.942. The van der Waals surface area contributed by atoms with Gasteiger partial charge in [-0.1, -0.05) is 39.3 Å². The summed E-state index contributed by atoms with van der Waals surface area (Å²) in [6.07, 6.45) is 11.2. The molecule has 0 radical (unpaired) electrons. The summed E-state index contributed by atoms with van der Waals surface area (Å²) in [5.74, 6) is 0.271. The lowest BCUT2D eigenvalue weighted by Gasteiger charge is -2.29. The molecule has 0 rings (SSSR count). The van der Waals surface area contributed by atoms with Gasteiger partial charge in [0.2, 0.25) is 0 Å². The Bertz CT molecular complexity index is 287. The summed E-state index contributed by atoms with van der Waals surface area (Å²) < 4.78 is 0. The van der Waals surface area contributed by atoms with E-state index in [0.717, 1.165) is 24.8 Å². The van der Waals surface area contributed by atoms with Gasteiger partial charge in [0.15, 0.2) is 0 Å². The Hall–Kier alpha value is -0.800. The van der Waals surface area contributed by atoms with E-state index in [4.69, 9.17) is 5.73 Å². The molecule has 3 nitrogen and oxygen atoms in total. The van der Waals surface area contributed by atoms with Crippen LogP contribution in [0.2, 0.25) is 0 Å². The molecule has 0 amide bonds. The Morgan fingerprint density at radius 1 is 1.25 bits per heavy atom. The third kappa shape index (κ3) is 7.71. The second-order valence-corrected chi connectivity index (χ2v) is 5.57. The van der Waals surface area contributed by atoms with Crippen molar-refractivity contribution in [1.82, 2.24) is 5.32 Å². The molecule has 0 spiro atoms. The lowest BCUT2D eigenvalue weighted by Crippen LogP contribution is -2.43. The minimum atomic E-state index is 0.226. The quantitative estimate of drug-likeness (QED) is 0.509. The summed E-state index contributed by atoms with van der Waals surface area (Å²) in [5, 5.41) is 13.4. The molecule has 0 aromatic heterocycles. The molecule has 0 aliphatic carbocycles. The zero-order valence-corrected chi connectivity index (χ0v) is 13.7. The van der Waals surface area contributed by atoms with E-state index < -0.39 is 0 Å². The van der Waals surface area contributed by atoms with Gasteiger partial charge in [-0.2, -0.15) is 0 Å². The fourth-order valence-corrected chi connectivity index (χ4v) is 2.49. The van der Waals surface area contributed by atoms with Gasteiger partial charge in [0.05, 0.1) is 0 Å². The molecule has 0 bridgehead atoms. The highest BCUT2D eigenvalue weighted by atomic mass is 16.3. The first-order valence-corrected chi connectivity index (χ1v) is 8.04. The molecule has 4 N–H and O–H groups in total. The maximum absolute atomic E-state index is 9.65. The smallest absolute Gasteiger partial charge is 0.0477 e. The minimum absolute atomic E-state index is 0.226. The molecule has 0 aromatic rings. The summed E-state index contributed by atoms with van der Waals surface area (Å²) in [7, 11) is 0. The normalized spacial score (nSPS) is 17.4. The lowest BCUT2D eigenvalue weighted by atomic mass is 9.93. The van der Waals surface area contributed by atoms with E-state index in [-0.39, 0.29) is 12.5 Å². The van der Waals surface area contributed by atoms with Gasteiger partial charge in [0.1, 0.15) is 0 Å². The van der Waals surface area contributed by atoms with E-state index in [1.807, 2.05) is 13.0 Å². The van der Waals surface area contributed by atoms with Crippen LogP contribution in [0.15, 0.2) is 23.9 Å². The molecule has 0 aliphatic rings. The van der Waals surface area contributed by atoms with Crippen LogP contribution in [0.3, 0.4) is 0 Å². The fraction of sp³-hybridized carbons (Fsp3) is 0.765. The molecule has 0 aliphatic heterocycles. The Morgan fingerprint density at radius 3 is 2.40 bits per heavy atom. The highest BCUT2D eigenvalue weighted by Gasteiger charge is 2.20. The molecule has 0 fully saturated rings. The minimum Gasteiger partial charge on any atom is -0.404 e. The van der Waals surface area contributed by atoms with Crippen molar-refractivity contribution < 1.29 is 5.11 Å². The van der Waals surface area contributed by atoms with Crippen molar-refractivity contribution in [2.24, 2.45) is 11.7 Å². The maximum atomic E-state index is 9.65. The summed E-state index contributed by atoms with van der Waals surface area (Å²) in [4.78, 5) is 0. The second kappa shape index (κ2) is 12.0. The summed E-state index contributed by atoms with van der Waals surface area (Å²) >= 11 is 0. The van der Waals surface area contributed by atoms with Gasteiger partial charge in [-0.05, 0) is 44.4 Å². The second-order valence-electron chi connectivity index (χ2n) is 5.57. The number of nitrogens with one attached hydrogen (secondary N) is 1. The highest BCUT2D eigenvalue weighted by Crippen LogP contribution is 2.16. The van der Waals surface area contributed by atoms with Crippen molar-refractivity contribution in [3.05, 3.63) is 23.9 Å². The van der Waals surface area contributed by atoms with Crippen LogP contribution in [-0.4, -0.2) is 23.8 Å². The molecule has 0 saturated heterocycles. The molecule has 3 unspecified atom stereocenters. The van der Waals surface area contributed by atoms with E-state index in [9.17, 15) is 5.11 Å². The molecule has 3 atom stereocenters. The zero-order chi connectivity index (χ0) is 15.4. The van der Waals surface area contributed by atoms with Crippen LogP contribution >= 0.6 is 0 Å². The Morgan fingerprint density at radius 2 is 1.95 bits per heavy atom. The Labute approximate surface area is 125 Å². The van der Waals surface area contributed by atoms with E-state index in [0.29, 0.717) is 12.1 Å². The monoisotopic (exact) mass is 282 g/mol. The lowest BCUT2D eigenvalue weighted by molar-refractivity contribution is 0.178. The third-order valence-corrected chi connectivity index (χ3v) is 3.91. The van der Waals surface area contributed by atoms with Crippen LogP contribution in [0.5, 0.6) is 0 Å². The fourth-order valence-electron chi connectivity index (χ4n) is 2.49. The number of hydrogen-bond donors (Lipinski definition) is 3. The van der Waals surface area contributed by atoms with Gasteiger partial charge in [-0.3, -0.25) is 0 Å². The average molecular weight is 282 g/mol. The SMILES string of the molecule is CCCC(CC)NC(CC)C(CO)C/C=C\C(C)=C/N. The van der Waals surface area contributed by atoms with Crippen LogP contribution in [0.4, 0.5) is 0 Å². The van der Waals surface area contributed by atoms with Crippen molar-refractivity contribution in [3.63, 3.8) is 0 Å². The third-order valence-electron chi connectivity index (χ3n) is 3.91. The summed E-state index contributed by atoms with van der Waals surface area (Å²) in [6.45, 7) is 8.84. The van der Waals surface area contributed by atoms with Gasteiger partial charge >= 0.3 is 0 Å². The molecule has 20 heavy (non-hydrogen) atoms. The highest BCUT2D eigenvalue weighted by molar-refractivity contribution is 5.14. The molecule has 0 heterocycles. The van der Waals surface area contributed by atoms with Crippen molar-refractivity contribution in [3.8, 4) is 0 Å². The van der Waals surface area contributed by atoms with E-state index >= 15 is 0 Å². The molecular formula is C17H34N2O. The van der Waals surface area contributed by atoms with Crippen molar-refractivity contribution in [1.29, 1.82) is 0 Å². The molecule has 0 saturated carbocycles. The predicted octanol–water partition coefficient (Wildman–Crippen LogP) is 3.35. The van der Waals surface area contributed by atoms with Crippen LogP contribution in [-0.2, 0) is 0 Å². The Balaban J connectivity index is 4.52. The molecule has 0 aromatic carbocycles. The van der Waals surface area contributed by atoms with Gasteiger partial charge in [-0.25, -0.2) is 0 Å². The van der Waals surface area contributed by atoms with E-state index in [1.165, 1.54) is 12.8 Å². The first-order valence-electron chi connectivity index (χ1n) is 8.04. The van der Waals surface area contributed by atoms with Crippen molar-refractivity contribution in [2.75, 3.05) is 6.61 Å². The molecule has 118 valence electrons. The average Bonchev–Trinajstić information content (AvgIpc) is 2.48. The first kappa shape index (κ1) is 19.2. The largest absolute Gasteiger partial charge is 0.404 e. The zero-order valence-electron chi connectivity index (χ0n) is 13.7. The van der Waals surface area contributed by atoms with Crippen LogP contribution in [0, 0.1) is 5.92 Å². The predicted molar refractivity (Wildman–Crippen MR) is 88.5 cm³/mol. The van der Waals surface area contributed by atoms with Crippen LogP contribution in [0.25, 0.3) is 0 Å². The number of allylic oxidation sites excluding steroid dienone is 3. The number of hydrogen-bond acceptors (Lipinski definition) is 3. The number of rotatable bonds is 11. The van der Waals surface area contributed by atoms with E-state index in [1.54, 1.807) is 6.20 Å². The van der Waals surface area contributed by atoms with Gasteiger partial charge in [0, 0.05) is 24.6 Å². The Kier molecular flexibility index (Phi) is 11.5. The number of aliphatic hydroxyl groups excluding tert-OH is 1. The first-order chi connectivity index (χ1) is 9.62. The maximum Gasteiger partial charge on any atom is 0.0477 e. The standard InChI is InChI=1S/C17H34N2O/c1-5-9-16(6-2)19-17(7-3)15(13-20)11-8-10-14(4)12-18/h8,10,12,15-17,19-20H,5-7,9,11,13,18H2,1-4H3/b10-8-,14-12-. The van der Waals surface area contributed by atoms with E-state index in [2.05, 4.69) is 32.2 Å².